The first-order valence-corrected chi connectivity index (χ1v) is 7.51. The zero-order valence-electron chi connectivity index (χ0n) is 14.2. The van der Waals surface area contributed by atoms with Crippen LogP contribution in [0.1, 0.15) is 68.2 Å². The SMILES string of the molecule is C=C(CC)N=C1CC(C)C(C)=CC(C)=N1.CC.CC. The molecule has 0 saturated heterocycles. The number of aliphatic imine (C=N–C) groups is 2. The third-order valence-electron chi connectivity index (χ3n) is 2.70. The van der Waals surface area contributed by atoms with Crippen molar-refractivity contribution in [2.75, 3.05) is 0 Å². The molecular formula is C17H32N2. The highest BCUT2D eigenvalue weighted by atomic mass is 14.9. The van der Waals surface area contributed by atoms with Gasteiger partial charge in [0.05, 0.1) is 0 Å². The number of allylic oxidation sites excluding steroid dienone is 3. The maximum atomic E-state index is 4.49. The highest BCUT2D eigenvalue weighted by Crippen LogP contribution is 2.19. The fraction of sp³-hybridized carbons (Fsp3) is 0.647. The molecule has 0 radical (unpaired) electrons. The molecule has 0 bridgehead atoms. The van der Waals surface area contributed by atoms with E-state index in [4.69, 9.17) is 0 Å². The lowest BCUT2D eigenvalue weighted by molar-refractivity contribution is 0.715. The van der Waals surface area contributed by atoms with Crippen LogP contribution in [0, 0.1) is 5.92 Å². The molecule has 2 heteroatoms. The highest BCUT2D eigenvalue weighted by molar-refractivity contribution is 6.04. The Morgan fingerprint density at radius 2 is 1.84 bits per heavy atom. The molecule has 1 aliphatic rings. The van der Waals surface area contributed by atoms with Crippen LogP contribution < -0.4 is 0 Å². The summed E-state index contributed by atoms with van der Waals surface area (Å²) in [6.07, 6.45) is 3.94. The molecular weight excluding hydrogens is 232 g/mol. The van der Waals surface area contributed by atoms with E-state index in [2.05, 4.69) is 43.4 Å². The summed E-state index contributed by atoms with van der Waals surface area (Å²) in [6, 6.07) is 0. The molecule has 0 spiro atoms. The largest absolute Gasteiger partial charge is 0.239 e. The molecule has 0 saturated carbocycles. The van der Waals surface area contributed by atoms with Gasteiger partial charge in [-0.05, 0) is 32.3 Å². The Morgan fingerprint density at radius 1 is 1.32 bits per heavy atom. The molecule has 0 fully saturated rings. The maximum Gasteiger partial charge on any atom is 0.129 e. The van der Waals surface area contributed by atoms with Crippen molar-refractivity contribution in [2.45, 2.75) is 68.2 Å². The normalized spacial score (nSPS) is 20.0. The molecule has 0 N–H and O–H groups in total. The zero-order valence-corrected chi connectivity index (χ0v) is 14.2. The third-order valence-corrected chi connectivity index (χ3v) is 2.70. The van der Waals surface area contributed by atoms with Crippen LogP contribution >= 0.6 is 0 Å². The Bertz CT molecular complexity index is 346. The first kappa shape index (κ1) is 20.1. The van der Waals surface area contributed by atoms with Crippen LogP contribution in [-0.4, -0.2) is 11.5 Å². The van der Waals surface area contributed by atoms with E-state index in [0.717, 1.165) is 30.1 Å². The Hall–Kier alpha value is -1.18. The quantitative estimate of drug-likeness (QED) is 0.601. The molecule has 19 heavy (non-hydrogen) atoms. The van der Waals surface area contributed by atoms with Crippen LogP contribution in [0.25, 0.3) is 0 Å². The molecule has 2 nitrogen and oxygen atoms in total. The van der Waals surface area contributed by atoms with E-state index >= 15 is 0 Å². The predicted octanol–water partition coefficient (Wildman–Crippen LogP) is 5.81. The summed E-state index contributed by atoms with van der Waals surface area (Å²) in [6.45, 7) is 20.3. The fourth-order valence-electron chi connectivity index (χ4n) is 1.52. The predicted molar refractivity (Wildman–Crippen MR) is 90.2 cm³/mol. The van der Waals surface area contributed by atoms with Crippen molar-refractivity contribution in [1.29, 1.82) is 0 Å². The van der Waals surface area contributed by atoms with Gasteiger partial charge in [0.15, 0.2) is 0 Å². The van der Waals surface area contributed by atoms with E-state index in [1.165, 1.54) is 5.57 Å². The topological polar surface area (TPSA) is 24.7 Å². The van der Waals surface area contributed by atoms with Crippen molar-refractivity contribution in [1.82, 2.24) is 0 Å². The molecule has 0 aromatic heterocycles. The van der Waals surface area contributed by atoms with Gasteiger partial charge in [0.1, 0.15) is 5.84 Å². The van der Waals surface area contributed by atoms with E-state index in [9.17, 15) is 0 Å². The van der Waals surface area contributed by atoms with Crippen LogP contribution in [0.5, 0.6) is 0 Å². The monoisotopic (exact) mass is 264 g/mol. The molecule has 0 aromatic rings. The van der Waals surface area contributed by atoms with Crippen LogP contribution in [-0.2, 0) is 0 Å². The van der Waals surface area contributed by atoms with E-state index in [1.807, 2.05) is 34.6 Å². The second-order valence-corrected chi connectivity index (χ2v) is 4.19. The molecule has 0 amide bonds. The molecule has 1 rings (SSSR count). The first-order chi connectivity index (χ1) is 9.02. The Morgan fingerprint density at radius 3 is 2.32 bits per heavy atom. The summed E-state index contributed by atoms with van der Waals surface area (Å²) in [4.78, 5) is 8.95. The standard InChI is InChI=1S/C13H20N2.2C2H6/c1-6-11(4)14-13-8-10(3)9(2)7-12(5)15-13;2*1-2/h7,10H,4,6,8H2,1-3,5H3;2*1-2H3. The average Bonchev–Trinajstić information content (AvgIpc) is 2.53. The fourth-order valence-corrected chi connectivity index (χ4v) is 1.52. The zero-order chi connectivity index (χ0) is 15.4. The van der Waals surface area contributed by atoms with Crippen molar-refractivity contribution in [3.05, 3.63) is 23.9 Å². The Labute approximate surface area is 120 Å². The Kier molecular flexibility index (Phi) is 12.6. The van der Waals surface area contributed by atoms with Crippen molar-refractivity contribution in [3.8, 4) is 0 Å². The minimum Gasteiger partial charge on any atom is -0.239 e. The molecule has 0 aliphatic carbocycles. The molecule has 1 heterocycles. The smallest absolute Gasteiger partial charge is 0.129 e. The molecule has 110 valence electrons. The number of rotatable bonds is 2. The van der Waals surface area contributed by atoms with Gasteiger partial charge >= 0.3 is 0 Å². The minimum absolute atomic E-state index is 0.523. The van der Waals surface area contributed by atoms with Gasteiger partial charge in [0.25, 0.3) is 0 Å². The molecule has 0 aromatic carbocycles. The van der Waals surface area contributed by atoms with Gasteiger partial charge in [-0.1, -0.05) is 53.7 Å². The van der Waals surface area contributed by atoms with E-state index < -0.39 is 0 Å². The third kappa shape index (κ3) is 8.52. The summed E-state index contributed by atoms with van der Waals surface area (Å²) < 4.78 is 0. The maximum absolute atomic E-state index is 4.49. The Balaban J connectivity index is 0. The van der Waals surface area contributed by atoms with Gasteiger partial charge in [-0.15, -0.1) is 0 Å². The lowest BCUT2D eigenvalue weighted by atomic mass is 9.99. The number of hydrogen-bond acceptors (Lipinski definition) is 1. The van der Waals surface area contributed by atoms with Crippen LogP contribution in [0.15, 0.2) is 33.9 Å². The number of hydrogen-bond donors (Lipinski definition) is 0. The van der Waals surface area contributed by atoms with Crippen LogP contribution in [0.4, 0.5) is 0 Å². The van der Waals surface area contributed by atoms with E-state index in [-0.39, 0.29) is 0 Å². The minimum atomic E-state index is 0.523. The van der Waals surface area contributed by atoms with Crippen molar-refractivity contribution >= 4 is 11.5 Å². The second kappa shape index (κ2) is 11.9. The highest BCUT2D eigenvalue weighted by Gasteiger charge is 2.12. The van der Waals surface area contributed by atoms with Gasteiger partial charge in [-0.2, -0.15) is 0 Å². The van der Waals surface area contributed by atoms with E-state index in [0.29, 0.717) is 5.92 Å². The summed E-state index contributed by atoms with van der Waals surface area (Å²) in [7, 11) is 0. The summed E-state index contributed by atoms with van der Waals surface area (Å²) in [5, 5.41) is 0. The van der Waals surface area contributed by atoms with Gasteiger partial charge < -0.3 is 0 Å². The van der Waals surface area contributed by atoms with Crippen LogP contribution in [0.3, 0.4) is 0 Å². The van der Waals surface area contributed by atoms with E-state index in [1.54, 1.807) is 0 Å². The van der Waals surface area contributed by atoms with Crippen molar-refractivity contribution < 1.29 is 0 Å². The lowest BCUT2D eigenvalue weighted by Crippen LogP contribution is -2.03. The first-order valence-electron chi connectivity index (χ1n) is 7.51. The molecule has 1 unspecified atom stereocenters. The molecule has 1 aliphatic heterocycles. The van der Waals surface area contributed by atoms with Gasteiger partial charge in [0.2, 0.25) is 0 Å². The van der Waals surface area contributed by atoms with Gasteiger partial charge in [0, 0.05) is 17.8 Å². The van der Waals surface area contributed by atoms with Crippen LogP contribution in [0.2, 0.25) is 0 Å². The summed E-state index contributed by atoms with van der Waals surface area (Å²) in [5.74, 6) is 1.44. The molecule has 1 atom stereocenters. The summed E-state index contributed by atoms with van der Waals surface area (Å²) >= 11 is 0. The van der Waals surface area contributed by atoms with Gasteiger partial charge in [-0.25, -0.2) is 9.98 Å². The van der Waals surface area contributed by atoms with Gasteiger partial charge in [-0.3, -0.25) is 0 Å². The average molecular weight is 264 g/mol. The lowest BCUT2D eigenvalue weighted by Gasteiger charge is -2.08. The van der Waals surface area contributed by atoms with Crippen molar-refractivity contribution in [2.24, 2.45) is 15.9 Å². The van der Waals surface area contributed by atoms with Crippen molar-refractivity contribution in [3.63, 3.8) is 0 Å². The number of amidine groups is 1. The summed E-state index contributed by atoms with van der Waals surface area (Å²) in [5.41, 5.74) is 3.33. The number of nitrogens with zero attached hydrogens (tertiary/aromatic N) is 2. The second-order valence-electron chi connectivity index (χ2n) is 4.19.